The van der Waals surface area contributed by atoms with Crippen LogP contribution in [0.3, 0.4) is 0 Å². The molecule has 7 heteroatoms. The van der Waals surface area contributed by atoms with E-state index in [1.54, 1.807) is 24.3 Å². The molecule has 138 valence electrons. The molecule has 0 aliphatic rings. The molecule has 0 atom stereocenters. The maximum absolute atomic E-state index is 12.1. The van der Waals surface area contributed by atoms with Crippen molar-refractivity contribution in [3.05, 3.63) is 60.0 Å². The predicted molar refractivity (Wildman–Crippen MR) is 102 cm³/mol. The van der Waals surface area contributed by atoms with Crippen molar-refractivity contribution in [3.63, 3.8) is 0 Å². The first-order valence-corrected chi connectivity index (χ1v) is 8.57. The molecule has 0 bridgehead atoms. The van der Waals surface area contributed by atoms with Crippen LogP contribution in [0.25, 0.3) is 11.4 Å². The fourth-order valence-corrected chi connectivity index (χ4v) is 2.54. The molecule has 1 heterocycles. The minimum atomic E-state index is -0.155. The van der Waals surface area contributed by atoms with Gasteiger partial charge >= 0.3 is 0 Å². The van der Waals surface area contributed by atoms with E-state index in [-0.39, 0.29) is 18.2 Å². The van der Waals surface area contributed by atoms with Crippen molar-refractivity contribution in [1.82, 2.24) is 10.1 Å². The molecule has 2 aromatic carbocycles. The van der Waals surface area contributed by atoms with Gasteiger partial charge in [0.15, 0.2) is 0 Å². The fraction of sp³-hybridized carbons (Fsp3) is 0.200. The van der Waals surface area contributed by atoms with Crippen LogP contribution in [0.15, 0.2) is 53.1 Å². The Morgan fingerprint density at radius 3 is 2.41 bits per heavy atom. The molecule has 2 amide bonds. The Balaban J connectivity index is 1.53. The van der Waals surface area contributed by atoms with Gasteiger partial charge in [-0.1, -0.05) is 28.9 Å². The number of carbonyl (C=O) groups excluding carboxylic acids is 2. The van der Waals surface area contributed by atoms with Crippen LogP contribution in [0.2, 0.25) is 0 Å². The highest BCUT2D eigenvalue weighted by Gasteiger charge is 2.11. The van der Waals surface area contributed by atoms with Gasteiger partial charge in [-0.3, -0.25) is 9.59 Å². The number of hydrogen-bond acceptors (Lipinski definition) is 5. The van der Waals surface area contributed by atoms with Crippen molar-refractivity contribution >= 4 is 23.2 Å². The smallest absolute Gasteiger partial charge is 0.227 e. The molecule has 0 unspecified atom stereocenters. The number of nitrogens with zero attached hydrogens (tertiary/aromatic N) is 2. The lowest BCUT2D eigenvalue weighted by Crippen LogP contribution is -2.12. The molecule has 0 aliphatic heterocycles. The second-order valence-electron chi connectivity index (χ2n) is 6.19. The summed E-state index contributed by atoms with van der Waals surface area (Å²) in [6, 6.07) is 14.7. The Morgan fingerprint density at radius 2 is 1.74 bits per heavy atom. The molecule has 0 spiro atoms. The second kappa shape index (κ2) is 8.27. The first-order valence-electron chi connectivity index (χ1n) is 8.57. The van der Waals surface area contributed by atoms with Gasteiger partial charge in [-0.05, 0) is 37.3 Å². The van der Waals surface area contributed by atoms with Crippen molar-refractivity contribution in [1.29, 1.82) is 0 Å². The maximum atomic E-state index is 12.1. The molecule has 0 saturated heterocycles. The van der Waals surface area contributed by atoms with Crippen LogP contribution in [0.1, 0.15) is 24.8 Å². The summed E-state index contributed by atoms with van der Waals surface area (Å²) in [6.45, 7) is 3.44. The molecule has 3 aromatic rings. The number of nitrogens with one attached hydrogen (secondary N) is 2. The summed E-state index contributed by atoms with van der Waals surface area (Å²) in [5, 5.41) is 9.44. The minimum absolute atomic E-state index is 0.142. The average molecular weight is 364 g/mol. The van der Waals surface area contributed by atoms with E-state index in [1.807, 2.05) is 31.2 Å². The Bertz CT molecular complexity index is 948. The molecule has 27 heavy (non-hydrogen) atoms. The van der Waals surface area contributed by atoms with Crippen LogP contribution in [0, 0.1) is 6.92 Å². The Morgan fingerprint density at radius 1 is 1.04 bits per heavy atom. The molecule has 0 saturated carbocycles. The number of rotatable bonds is 6. The van der Waals surface area contributed by atoms with E-state index >= 15 is 0 Å². The van der Waals surface area contributed by atoms with Gasteiger partial charge < -0.3 is 15.2 Å². The normalized spacial score (nSPS) is 10.4. The van der Waals surface area contributed by atoms with Gasteiger partial charge in [-0.2, -0.15) is 4.98 Å². The van der Waals surface area contributed by atoms with Crippen molar-refractivity contribution < 1.29 is 14.1 Å². The van der Waals surface area contributed by atoms with E-state index in [9.17, 15) is 9.59 Å². The number of hydrogen-bond donors (Lipinski definition) is 2. The lowest BCUT2D eigenvalue weighted by Gasteiger charge is -2.06. The lowest BCUT2D eigenvalue weighted by atomic mass is 10.1. The van der Waals surface area contributed by atoms with Gasteiger partial charge in [0.2, 0.25) is 23.5 Å². The molecule has 3 rings (SSSR count). The highest BCUT2D eigenvalue weighted by Crippen LogP contribution is 2.18. The largest absolute Gasteiger partial charge is 0.339 e. The third kappa shape index (κ3) is 5.24. The van der Waals surface area contributed by atoms with E-state index in [2.05, 4.69) is 20.8 Å². The quantitative estimate of drug-likeness (QED) is 0.697. The van der Waals surface area contributed by atoms with E-state index in [4.69, 9.17) is 4.52 Å². The van der Waals surface area contributed by atoms with Gasteiger partial charge in [-0.15, -0.1) is 0 Å². The van der Waals surface area contributed by atoms with E-state index in [0.29, 0.717) is 29.5 Å². The number of carbonyl (C=O) groups is 2. The zero-order valence-corrected chi connectivity index (χ0v) is 15.2. The Kier molecular flexibility index (Phi) is 5.61. The topological polar surface area (TPSA) is 97.1 Å². The summed E-state index contributed by atoms with van der Waals surface area (Å²) in [5.74, 6) is 0.638. The maximum Gasteiger partial charge on any atom is 0.227 e. The van der Waals surface area contributed by atoms with Gasteiger partial charge in [0.1, 0.15) is 0 Å². The number of anilines is 2. The van der Waals surface area contributed by atoms with Gasteiger partial charge in [0.05, 0.1) is 0 Å². The highest BCUT2D eigenvalue weighted by molar-refractivity contribution is 5.92. The molecule has 7 nitrogen and oxygen atoms in total. The summed E-state index contributed by atoms with van der Waals surface area (Å²) in [7, 11) is 0. The van der Waals surface area contributed by atoms with Crippen LogP contribution >= 0.6 is 0 Å². The molecular weight excluding hydrogens is 344 g/mol. The zero-order chi connectivity index (χ0) is 19.2. The number of amides is 2. The van der Waals surface area contributed by atoms with E-state index < -0.39 is 0 Å². The van der Waals surface area contributed by atoms with Crippen molar-refractivity contribution in [3.8, 4) is 11.4 Å². The van der Waals surface area contributed by atoms with Gasteiger partial charge in [-0.25, -0.2) is 0 Å². The summed E-state index contributed by atoms with van der Waals surface area (Å²) in [5.41, 5.74) is 3.33. The average Bonchev–Trinajstić information content (AvgIpc) is 3.10. The third-order valence-corrected chi connectivity index (χ3v) is 3.80. The van der Waals surface area contributed by atoms with Crippen LogP contribution in [0.5, 0.6) is 0 Å². The zero-order valence-electron chi connectivity index (χ0n) is 15.2. The molecule has 0 radical (unpaired) electrons. The van der Waals surface area contributed by atoms with Gasteiger partial charge in [0.25, 0.3) is 0 Å². The molecule has 0 aliphatic carbocycles. The number of aromatic nitrogens is 2. The van der Waals surface area contributed by atoms with E-state index in [0.717, 1.165) is 11.1 Å². The molecule has 2 N–H and O–H groups in total. The first kappa shape index (κ1) is 18.3. The van der Waals surface area contributed by atoms with Crippen molar-refractivity contribution in [2.75, 3.05) is 10.6 Å². The number of aryl methyl sites for hydroxylation is 2. The first-order chi connectivity index (χ1) is 13.0. The monoisotopic (exact) mass is 364 g/mol. The SMILES string of the molecule is CC(=O)Nc1ccc(NC(=O)CCc2nc(-c3cccc(C)c3)no2)cc1. The summed E-state index contributed by atoms with van der Waals surface area (Å²) < 4.78 is 5.23. The molecule has 0 fully saturated rings. The van der Waals surface area contributed by atoms with Crippen LogP contribution in [-0.4, -0.2) is 22.0 Å². The van der Waals surface area contributed by atoms with Crippen molar-refractivity contribution in [2.45, 2.75) is 26.7 Å². The highest BCUT2D eigenvalue weighted by atomic mass is 16.5. The summed E-state index contributed by atoms with van der Waals surface area (Å²) >= 11 is 0. The van der Waals surface area contributed by atoms with Crippen LogP contribution < -0.4 is 10.6 Å². The minimum Gasteiger partial charge on any atom is -0.339 e. The van der Waals surface area contributed by atoms with Crippen molar-refractivity contribution in [2.24, 2.45) is 0 Å². The Labute approximate surface area is 156 Å². The van der Waals surface area contributed by atoms with Gasteiger partial charge in [0, 0.05) is 36.7 Å². The van der Waals surface area contributed by atoms with Crippen LogP contribution in [0.4, 0.5) is 11.4 Å². The molecule has 1 aromatic heterocycles. The van der Waals surface area contributed by atoms with E-state index in [1.165, 1.54) is 6.92 Å². The summed E-state index contributed by atoms with van der Waals surface area (Å²) in [6.07, 6.45) is 0.581. The standard InChI is InChI=1S/C20H20N4O3/c1-13-4-3-5-15(12-13)20-23-19(27-24-20)11-10-18(26)22-17-8-6-16(7-9-17)21-14(2)25/h3-9,12H,10-11H2,1-2H3,(H,21,25)(H,22,26). The summed E-state index contributed by atoms with van der Waals surface area (Å²) in [4.78, 5) is 27.4. The molecular formula is C20H20N4O3. The lowest BCUT2D eigenvalue weighted by molar-refractivity contribution is -0.116. The second-order valence-corrected chi connectivity index (χ2v) is 6.19. The number of benzene rings is 2. The third-order valence-electron chi connectivity index (χ3n) is 3.80. The Hall–Kier alpha value is -3.48. The predicted octanol–water partition coefficient (Wildman–Crippen LogP) is 3.57. The fourth-order valence-electron chi connectivity index (χ4n) is 2.54. The van der Waals surface area contributed by atoms with Crippen LogP contribution in [-0.2, 0) is 16.0 Å².